The van der Waals surface area contributed by atoms with Gasteiger partial charge in [0.25, 0.3) is 10.2 Å². The molecule has 0 rings (SSSR count). The second kappa shape index (κ2) is 4.01. The van der Waals surface area contributed by atoms with Crippen LogP contribution in [-0.4, -0.2) is 39.4 Å². The average Bonchev–Trinajstić information content (AvgIpc) is 1.86. The zero-order valence-electron chi connectivity index (χ0n) is 7.03. The first kappa shape index (κ1) is 10.8. The quantitative estimate of drug-likeness (QED) is 0.568. The summed E-state index contributed by atoms with van der Waals surface area (Å²) in [5.74, 6) is 0. The van der Waals surface area contributed by atoms with Gasteiger partial charge in [-0.1, -0.05) is 0 Å². The summed E-state index contributed by atoms with van der Waals surface area (Å²) in [7, 11) is -0.441. The fourth-order valence-electron chi connectivity index (χ4n) is 0.660. The average molecular weight is 181 g/mol. The maximum Gasteiger partial charge on any atom is 0.278 e. The van der Waals surface area contributed by atoms with E-state index in [0.29, 0.717) is 6.54 Å². The summed E-state index contributed by atoms with van der Waals surface area (Å²) in [6.45, 7) is 2.07. The predicted molar refractivity (Wildman–Crippen MR) is 44.3 cm³/mol. The van der Waals surface area contributed by atoms with E-state index in [9.17, 15) is 8.42 Å². The van der Waals surface area contributed by atoms with E-state index in [1.165, 1.54) is 18.4 Å². The molecule has 0 aromatic rings. The molecule has 0 saturated heterocycles. The Kier molecular flexibility index (Phi) is 3.95. The number of nitrogens with one attached hydrogen (secondary N) is 1. The van der Waals surface area contributed by atoms with E-state index in [-0.39, 0.29) is 6.04 Å². The molecular formula is C5H15N3O2S. The molecule has 0 aromatic carbocycles. The van der Waals surface area contributed by atoms with Crippen LogP contribution in [0.25, 0.3) is 0 Å². The van der Waals surface area contributed by atoms with Crippen LogP contribution in [0, 0.1) is 0 Å². The molecule has 0 aliphatic heterocycles. The van der Waals surface area contributed by atoms with Gasteiger partial charge in [0.15, 0.2) is 0 Å². The minimum atomic E-state index is -3.29. The third kappa shape index (κ3) is 3.66. The number of nitrogens with zero attached hydrogens (tertiary/aromatic N) is 1. The lowest BCUT2D eigenvalue weighted by Crippen LogP contribution is -2.41. The van der Waals surface area contributed by atoms with E-state index < -0.39 is 10.2 Å². The number of nitrogens with two attached hydrogens (primary N) is 1. The number of rotatable bonds is 4. The van der Waals surface area contributed by atoms with Crippen LogP contribution in [0.2, 0.25) is 0 Å². The predicted octanol–water partition coefficient (Wildman–Crippen LogP) is -1.27. The second-order valence-electron chi connectivity index (χ2n) is 2.47. The van der Waals surface area contributed by atoms with Crippen molar-refractivity contribution in [2.24, 2.45) is 5.73 Å². The van der Waals surface area contributed by atoms with Gasteiger partial charge in [0.05, 0.1) is 0 Å². The Morgan fingerprint density at radius 1 is 1.64 bits per heavy atom. The Labute approximate surface area is 67.7 Å². The Morgan fingerprint density at radius 3 is 2.36 bits per heavy atom. The standard InChI is InChI=1S/C5H15N3O2S/c1-5(6)4-8(3)11(9,10)7-2/h5,7H,4,6H2,1-3H3. The van der Waals surface area contributed by atoms with E-state index in [1.54, 1.807) is 6.92 Å². The molecule has 68 valence electrons. The minimum Gasteiger partial charge on any atom is -0.327 e. The summed E-state index contributed by atoms with van der Waals surface area (Å²) < 4.78 is 25.4. The molecule has 0 heterocycles. The minimum absolute atomic E-state index is 0.150. The Morgan fingerprint density at radius 2 is 2.09 bits per heavy atom. The Bertz CT molecular complexity index is 200. The molecule has 1 unspecified atom stereocenters. The maximum absolute atomic E-state index is 11.0. The van der Waals surface area contributed by atoms with Crippen molar-refractivity contribution in [3.63, 3.8) is 0 Å². The molecule has 6 heteroatoms. The molecule has 0 aliphatic carbocycles. The van der Waals surface area contributed by atoms with E-state index in [0.717, 1.165) is 0 Å². The molecule has 0 radical (unpaired) electrons. The third-order valence-corrected chi connectivity index (χ3v) is 2.70. The van der Waals surface area contributed by atoms with Gasteiger partial charge in [0.1, 0.15) is 0 Å². The maximum atomic E-state index is 11.0. The highest BCUT2D eigenvalue weighted by molar-refractivity contribution is 7.87. The normalized spacial score (nSPS) is 15.4. The number of likely N-dealkylation sites (N-methyl/N-ethyl adjacent to an activating group) is 1. The molecular weight excluding hydrogens is 166 g/mol. The van der Waals surface area contributed by atoms with Crippen LogP contribution in [-0.2, 0) is 10.2 Å². The van der Waals surface area contributed by atoms with Gasteiger partial charge in [-0.05, 0) is 6.92 Å². The summed E-state index contributed by atoms with van der Waals surface area (Å²) in [6.07, 6.45) is 0. The summed E-state index contributed by atoms with van der Waals surface area (Å²) in [4.78, 5) is 0. The Balaban J connectivity index is 4.14. The van der Waals surface area contributed by atoms with Crippen molar-refractivity contribution in [1.82, 2.24) is 9.03 Å². The highest BCUT2D eigenvalue weighted by Gasteiger charge is 2.15. The van der Waals surface area contributed by atoms with Gasteiger partial charge >= 0.3 is 0 Å². The highest BCUT2D eigenvalue weighted by Crippen LogP contribution is 1.92. The van der Waals surface area contributed by atoms with Crippen LogP contribution in [0.15, 0.2) is 0 Å². The first-order chi connectivity index (χ1) is 4.90. The van der Waals surface area contributed by atoms with E-state index in [4.69, 9.17) is 5.73 Å². The van der Waals surface area contributed by atoms with Crippen molar-refractivity contribution in [2.75, 3.05) is 20.6 Å². The molecule has 5 nitrogen and oxygen atoms in total. The van der Waals surface area contributed by atoms with Gasteiger partial charge in [0, 0.05) is 26.7 Å². The lowest BCUT2D eigenvalue weighted by Gasteiger charge is -2.17. The van der Waals surface area contributed by atoms with Gasteiger partial charge in [-0.2, -0.15) is 12.7 Å². The molecule has 0 bridgehead atoms. The molecule has 3 N–H and O–H groups in total. The van der Waals surface area contributed by atoms with Crippen molar-refractivity contribution in [3.8, 4) is 0 Å². The van der Waals surface area contributed by atoms with Gasteiger partial charge < -0.3 is 5.73 Å². The summed E-state index contributed by atoms with van der Waals surface area (Å²) in [5, 5.41) is 0. The van der Waals surface area contributed by atoms with Crippen molar-refractivity contribution in [2.45, 2.75) is 13.0 Å². The molecule has 0 fully saturated rings. The van der Waals surface area contributed by atoms with Crippen molar-refractivity contribution < 1.29 is 8.42 Å². The lowest BCUT2D eigenvalue weighted by molar-refractivity contribution is 0.439. The molecule has 0 aromatic heterocycles. The SMILES string of the molecule is CNS(=O)(=O)N(C)CC(C)N. The monoisotopic (exact) mass is 181 g/mol. The van der Waals surface area contributed by atoms with Crippen molar-refractivity contribution in [1.29, 1.82) is 0 Å². The largest absolute Gasteiger partial charge is 0.327 e. The smallest absolute Gasteiger partial charge is 0.278 e. The first-order valence-corrected chi connectivity index (χ1v) is 4.74. The summed E-state index contributed by atoms with van der Waals surface area (Å²) in [6, 6.07) is -0.150. The number of hydrogen-bond donors (Lipinski definition) is 2. The zero-order valence-corrected chi connectivity index (χ0v) is 7.85. The van der Waals surface area contributed by atoms with Crippen molar-refractivity contribution in [3.05, 3.63) is 0 Å². The zero-order chi connectivity index (χ0) is 9.07. The van der Waals surface area contributed by atoms with Gasteiger partial charge in [-0.15, -0.1) is 0 Å². The fourth-order valence-corrected chi connectivity index (χ4v) is 1.40. The van der Waals surface area contributed by atoms with Crippen LogP contribution in [0.4, 0.5) is 0 Å². The van der Waals surface area contributed by atoms with Crippen LogP contribution < -0.4 is 10.5 Å². The van der Waals surface area contributed by atoms with E-state index >= 15 is 0 Å². The van der Waals surface area contributed by atoms with Crippen LogP contribution >= 0.6 is 0 Å². The molecule has 1 atom stereocenters. The van der Waals surface area contributed by atoms with Gasteiger partial charge in [-0.25, -0.2) is 4.72 Å². The molecule has 0 spiro atoms. The van der Waals surface area contributed by atoms with Gasteiger partial charge in [-0.3, -0.25) is 0 Å². The molecule has 0 saturated carbocycles. The lowest BCUT2D eigenvalue weighted by atomic mass is 10.4. The topological polar surface area (TPSA) is 75.4 Å². The first-order valence-electron chi connectivity index (χ1n) is 3.30. The number of hydrogen-bond acceptors (Lipinski definition) is 3. The molecule has 0 aliphatic rings. The molecule has 11 heavy (non-hydrogen) atoms. The second-order valence-corrected chi connectivity index (χ2v) is 4.45. The van der Waals surface area contributed by atoms with Crippen LogP contribution in [0.5, 0.6) is 0 Å². The summed E-state index contributed by atoms with van der Waals surface area (Å²) >= 11 is 0. The highest BCUT2D eigenvalue weighted by atomic mass is 32.2. The van der Waals surface area contributed by atoms with Crippen LogP contribution in [0.3, 0.4) is 0 Å². The fraction of sp³-hybridized carbons (Fsp3) is 1.00. The van der Waals surface area contributed by atoms with E-state index in [1.807, 2.05) is 0 Å². The third-order valence-electron chi connectivity index (χ3n) is 1.21. The van der Waals surface area contributed by atoms with Crippen molar-refractivity contribution >= 4 is 10.2 Å². The van der Waals surface area contributed by atoms with Gasteiger partial charge in [0.2, 0.25) is 0 Å². The van der Waals surface area contributed by atoms with E-state index in [2.05, 4.69) is 4.72 Å². The Hall–Kier alpha value is -0.170. The van der Waals surface area contributed by atoms with Crippen LogP contribution in [0.1, 0.15) is 6.92 Å². The summed E-state index contributed by atoms with van der Waals surface area (Å²) in [5.41, 5.74) is 5.41. The molecule has 0 amide bonds.